The van der Waals surface area contributed by atoms with Gasteiger partial charge in [0.2, 0.25) is 0 Å². The first kappa shape index (κ1) is 17.6. The molecule has 0 saturated carbocycles. The minimum atomic E-state index is -0.545. The van der Waals surface area contributed by atoms with Crippen LogP contribution in [0.25, 0.3) is 0 Å². The van der Waals surface area contributed by atoms with Crippen LogP contribution in [-0.4, -0.2) is 29.7 Å². The smallest absolute Gasteiger partial charge is 0.259 e. The lowest BCUT2D eigenvalue weighted by Crippen LogP contribution is -2.34. The van der Waals surface area contributed by atoms with E-state index in [2.05, 4.69) is 31.8 Å². The molecule has 2 amide bonds. The van der Waals surface area contributed by atoms with Gasteiger partial charge in [-0.25, -0.2) is 9.82 Å². The van der Waals surface area contributed by atoms with E-state index in [-0.39, 0.29) is 17.9 Å². The summed E-state index contributed by atoms with van der Waals surface area (Å²) in [6.07, 6.45) is 1.28. The summed E-state index contributed by atoms with van der Waals surface area (Å²) in [4.78, 5) is 23.4. The van der Waals surface area contributed by atoms with Crippen molar-refractivity contribution in [2.24, 2.45) is 5.10 Å². The fraction of sp³-hybridized carbons (Fsp3) is 0.0625. The maximum absolute atomic E-state index is 12.8. The Morgan fingerprint density at radius 2 is 1.92 bits per heavy atom. The molecule has 0 aromatic heterocycles. The van der Waals surface area contributed by atoms with Gasteiger partial charge >= 0.3 is 0 Å². The van der Waals surface area contributed by atoms with Crippen LogP contribution in [-0.2, 0) is 4.79 Å². The van der Waals surface area contributed by atoms with Gasteiger partial charge in [-0.15, -0.1) is 0 Å². The Bertz CT molecular complexity index is 779. The number of nitrogens with zero attached hydrogens (tertiary/aromatic N) is 1. The Hall–Kier alpha value is -2.74. The topological polar surface area (TPSA) is 90.8 Å². The Kier molecular flexibility index (Phi) is 6.02. The fourth-order valence-electron chi connectivity index (χ4n) is 1.71. The van der Waals surface area contributed by atoms with Crippen LogP contribution in [0.5, 0.6) is 5.75 Å². The molecule has 24 heavy (non-hydrogen) atoms. The molecule has 0 bridgehead atoms. The van der Waals surface area contributed by atoms with E-state index in [1.165, 1.54) is 24.4 Å². The summed E-state index contributed by atoms with van der Waals surface area (Å²) >= 11 is 3.25. The van der Waals surface area contributed by atoms with Crippen LogP contribution >= 0.6 is 15.9 Å². The van der Waals surface area contributed by atoms with E-state index in [1.54, 1.807) is 12.1 Å². The number of rotatable bonds is 5. The van der Waals surface area contributed by atoms with Crippen LogP contribution < -0.4 is 10.7 Å². The van der Waals surface area contributed by atoms with Gasteiger partial charge in [0.05, 0.1) is 12.8 Å². The van der Waals surface area contributed by atoms with Gasteiger partial charge in [0.1, 0.15) is 11.6 Å². The van der Waals surface area contributed by atoms with Crippen molar-refractivity contribution in [1.82, 2.24) is 10.7 Å². The maximum Gasteiger partial charge on any atom is 0.259 e. The van der Waals surface area contributed by atoms with Crippen molar-refractivity contribution in [2.45, 2.75) is 0 Å². The van der Waals surface area contributed by atoms with Gasteiger partial charge in [0.15, 0.2) is 0 Å². The Morgan fingerprint density at radius 3 is 2.62 bits per heavy atom. The largest absolute Gasteiger partial charge is 0.507 e. The van der Waals surface area contributed by atoms with Gasteiger partial charge < -0.3 is 10.4 Å². The number of benzene rings is 2. The van der Waals surface area contributed by atoms with Crippen LogP contribution in [0.4, 0.5) is 4.39 Å². The number of nitrogens with one attached hydrogen (secondary N) is 2. The van der Waals surface area contributed by atoms with E-state index in [1.807, 2.05) is 0 Å². The van der Waals surface area contributed by atoms with Crippen molar-refractivity contribution in [2.75, 3.05) is 6.54 Å². The molecule has 2 aromatic carbocycles. The first-order valence-electron chi connectivity index (χ1n) is 6.80. The molecule has 0 aliphatic heterocycles. The van der Waals surface area contributed by atoms with Gasteiger partial charge in [-0.2, -0.15) is 5.10 Å². The van der Waals surface area contributed by atoms with E-state index in [4.69, 9.17) is 0 Å². The SMILES string of the molecule is O=C(CNC(=O)c1ccc(F)cc1)NN=Cc1cc(Br)ccc1O. The maximum atomic E-state index is 12.8. The zero-order chi connectivity index (χ0) is 17.5. The number of hydrazone groups is 1. The molecule has 2 rings (SSSR count). The molecule has 0 spiro atoms. The standard InChI is InChI=1S/C16H13BrFN3O3/c17-12-3-6-14(22)11(7-12)8-20-21-15(23)9-19-16(24)10-1-4-13(18)5-2-10/h1-8,22H,9H2,(H,19,24)(H,21,23). The number of carbonyl (C=O) groups is 2. The summed E-state index contributed by atoms with van der Waals surface area (Å²) in [5.41, 5.74) is 2.88. The number of phenols is 1. The van der Waals surface area contributed by atoms with Crippen LogP contribution in [0.1, 0.15) is 15.9 Å². The molecule has 0 aliphatic carbocycles. The fourth-order valence-corrected chi connectivity index (χ4v) is 2.08. The van der Waals surface area contributed by atoms with Crippen LogP contribution in [0.3, 0.4) is 0 Å². The molecule has 6 nitrogen and oxygen atoms in total. The Balaban J connectivity index is 1.83. The first-order chi connectivity index (χ1) is 11.5. The van der Waals surface area contributed by atoms with E-state index < -0.39 is 17.6 Å². The zero-order valence-electron chi connectivity index (χ0n) is 12.3. The molecule has 0 aliphatic rings. The third kappa shape index (κ3) is 5.17. The normalized spacial score (nSPS) is 10.6. The third-order valence-corrected chi connectivity index (χ3v) is 3.39. The third-order valence-electron chi connectivity index (χ3n) is 2.90. The highest BCUT2D eigenvalue weighted by Crippen LogP contribution is 2.19. The summed E-state index contributed by atoms with van der Waals surface area (Å²) in [6.45, 7) is -0.294. The second kappa shape index (κ2) is 8.21. The number of aromatic hydroxyl groups is 1. The molecule has 0 fully saturated rings. The minimum Gasteiger partial charge on any atom is -0.507 e. The van der Waals surface area contributed by atoms with Gasteiger partial charge in [0.25, 0.3) is 11.8 Å². The van der Waals surface area contributed by atoms with Crippen molar-refractivity contribution in [3.8, 4) is 5.75 Å². The van der Waals surface area contributed by atoms with Gasteiger partial charge in [-0.3, -0.25) is 9.59 Å². The monoisotopic (exact) mass is 393 g/mol. The number of phenolic OH excluding ortho intramolecular Hbond substituents is 1. The van der Waals surface area contributed by atoms with Crippen molar-refractivity contribution < 1.29 is 19.1 Å². The second-order valence-corrected chi connectivity index (χ2v) is 5.60. The van der Waals surface area contributed by atoms with Gasteiger partial charge in [0, 0.05) is 15.6 Å². The Morgan fingerprint density at radius 1 is 1.21 bits per heavy atom. The number of amides is 2. The summed E-state index contributed by atoms with van der Waals surface area (Å²) in [6, 6.07) is 9.72. The van der Waals surface area contributed by atoms with Crippen molar-refractivity contribution in [1.29, 1.82) is 0 Å². The summed E-state index contributed by atoms with van der Waals surface area (Å²) in [7, 11) is 0. The minimum absolute atomic E-state index is 0.0146. The molecule has 2 aromatic rings. The molecule has 0 atom stereocenters. The summed E-state index contributed by atoms with van der Waals surface area (Å²) < 4.78 is 13.5. The molecule has 8 heteroatoms. The average Bonchev–Trinajstić information content (AvgIpc) is 2.56. The lowest BCUT2D eigenvalue weighted by atomic mass is 10.2. The molecular formula is C16H13BrFN3O3. The number of hydrogen-bond acceptors (Lipinski definition) is 4. The molecule has 3 N–H and O–H groups in total. The van der Waals surface area contributed by atoms with Crippen LogP contribution in [0.15, 0.2) is 52.0 Å². The summed E-state index contributed by atoms with van der Waals surface area (Å²) in [5, 5.41) is 15.7. The van der Waals surface area contributed by atoms with Crippen LogP contribution in [0, 0.1) is 5.82 Å². The van der Waals surface area contributed by atoms with Gasteiger partial charge in [-0.1, -0.05) is 15.9 Å². The molecule has 0 heterocycles. The number of carbonyl (C=O) groups excluding carboxylic acids is 2. The average molecular weight is 394 g/mol. The number of halogens is 2. The zero-order valence-corrected chi connectivity index (χ0v) is 13.9. The van der Waals surface area contributed by atoms with E-state index in [0.717, 1.165) is 16.6 Å². The van der Waals surface area contributed by atoms with Crippen molar-refractivity contribution >= 4 is 34.0 Å². The summed E-state index contributed by atoms with van der Waals surface area (Å²) in [5.74, 6) is -1.48. The lowest BCUT2D eigenvalue weighted by molar-refractivity contribution is -0.120. The highest BCUT2D eigenvalue weighted by Gasteiger charge is 2.07. The molecular weight excluding hydrogens is 381 g/mol. The predicted molar refractivity (Wildman–Crippen MR) is 90.3 cm³/mol. The lowest BCUT2D eigenvalue weighted by Gasteiger charge is -2.04. The van der Waals surface area contributed by atoms with Gasteiger partial charge in [-0.05, 0) is 42.5 Å². The molecule has 124 valence electrons. The molecule has 0 saturated heterocycles. The highest BCUT2D eigenvalue weighted by molar-refractivity contribution is 9.10. The van der Waals surface area contributed by atoms with E-state index >= 15 is 0 Å². The Labute approximate surface area is 145 Å². The van der Waals surface area contributed by atoms with Crippen molar-refractivity contribution in [3.05, 3.63) is 63.9 Å². The highest BCUT2D eigenvalue weighted by atomic mass is 79.9. The molecule has 0 radical (unpaired) electrons. The van der Waals surface area contributed by atoms with E-state index in [0.29, 0.717) is 5.56 Å². The first-order valence-corrected chi connectivity index (χ1v) is 7.59. The second-order valence-electron chi connectivity index (χ2n) is 4.69. The van der Waals surface area contributed by atoms with E-state index in [9.17, 15) is 19.1 Å². The predicted octanol–water partition coefficient (Wildman–Crippen LogP) is 2.17. The number of hydrogen-bond donors (Lipinski definition) is 3. The molecule has 0 unspecified atom stereocenters. The van der Waals surface area contributed by atoms with Crippen LogP contribution in [0.2, 0.25) is 0 Å². The van der Waals surface area contributed by atoms with Crippen molar-refractivity contribution in [3.63, 3.8) is 0 Å². The quantitative estimate of drug-likeness (QED) is 0.536.